The van der Waals surface area contributed by atoms with Crippen LogP contribution in [0.2, 0.25) is 0 Å². The molecule has 2 aromatic carbocycles. The number of phenols is 2. The van der Waals surface area contributed by atoms with Gasteiger partial charge in [0.15, 0.2) is 0 Å². The Morgan fingerprint density at radius 2 is 1.61 bits per heavy atom. The van der Waals surface area contributed by atoms with Crippen LogP contribution in [0.25, 0.3) is 0 Å². The van der Waals surface area contributed by atoms with Crippen molar-refractivity contribution in [2.75, 3.05) is 7.11 Å². The fourth-order valence-corrected chi connectivity index (χ4v) is 1.73. The summed E-state index contributed by atoms with van der Waals surface area (Å²) in [5.74, 6) is -0.606. The van der Waals surface area contributed by atoms with Gasteiger partial charge in [0, 0.05) is 0 Å². The monoisotopic (exact) mass is 244 g/mol. The highest BCUT2D eigenvalue weighted by molar-refractivity contribution is 6.13. The molecular weight excluding hydrogens is 232 g/mol. The van der Waals surface area contributed by atoms with Crippen molar-refractivity contribution in [2.24, 2.45) is 0 Å². The van der Waals surface area contributed by atoms with Gasteiger partial charge in [-0.05, 0) is 24.3 Å². The van der Waals surface area contributed by atoms with Gasteiger partial charge < -0.3 is 14.9 Å². The first kappa shape index (κ1) is 12.0. The van der Waals surface area contributed by atoms with Crippen LogP contribution < -0.4 is 4.74 Å². The first-order valence-electron chi connectivity index (χ1n) is 5.34. The molecule has 0 aliphatic rings. The van der Waals surface area contributed by atoms with E-state index in [4.69, 9.17) is 4.74 Å². The van der Waals surface area contributed by atoms with E-state index in [9.17, 15) is 15.0 Å². The summed E-state index contributed by atoms with van der Waals surface area (Å²) in [5.41, 5.74) is 0.166. The van der Waals surface area contributed by atoms with Crippen LogP contribution in [0.15, 0.2) is 42.5 Å². The summed E-state index contributed by atoms with van der Waals surface area (Å²) in [7, 11) is 1.46. The lowest BCUT2D eigenvalue weighted by Crippen LogP contribution is -2.04. The first-order chi connectivity index (χ1) is 8.65. The third kappa shape index (κ3) is 2.00. The predicted molar refractivity (Wildman–Crippen MR) is 66.2 cm³/mol. The number of carbonyl (C=O) groups excluding carboxylic acids is 1. The van der Waals surface area contributed by atoms with Crippen molar-refractivity contribution in [1.82, 2.24) is 0 Å². The van der Waals surface area contributed by atoms with Crippen molar-refractivity contribution in [2.45, 2.75) is 0 Å². The Bertz CT molecular complexity index is 570. The van der Waals surface area contributed by atoms with Gasteiger partial charge in [-0.15, -0.1) is 0 Å². The summed E-state index contributed by atoms with van der Waals surface area (Å²) in [4.78, 5) is 12.3. The van der Waals surface area contributed by atoms with Crippen molar-refractivity contribution >= 4 is 5.78 Å². The maximum absolute atomic E-state index is 12.3. The molecule has 0 atom stereocenters. The van der Waals surface area contributed by atoms with Crippen molar-refractivity contribution in [3.8, 4) is 17.2 Å². The topological polar surface area (TPSA) is 66.8 Å². The van der Waals surface area contributed by atoms with Gasteiger partial charge in [0.05, 0.1) is 12.7 Å². The minimum atomic E-state index is -0.483. The Hall–Kier alpha value is -2.49. The number of aromatic hydroxyl groups is 2. The zero-order valence-corrected chi connectivity index (χ0v) is 9.75. The van der Waals surface area contributed by atoms with Crippen LogP contribution in [0, 0.1) is 0 Å². The van der Waals surface area contributed by atoms with Crippen molar-refractivity contribution < 1.29 is 19.7 Å². The number of ether oxygens (including phenoxy) is 1. The van der Waals surface area contributed by atoms with E-state index in [1.807, 2.05) is 0 Å². The summed E-state index contributed by atoms with van der Waals surface area (Å²) >= 11 is 0. The smallest absolute Gasteiger partial charge is 0.204 e. The average molecular weight is 244 g/mol. The standard InChI is InChI=1S/C14H12O4/c1-18-12-8-3-2-5-9(12)14(17)13-10(15)6-4-7-11(13)16/h2-8,15-16H,1H3. The molecule has 0 amide bonds. The lowest BCUT2D eigenvalue weighted by atomic mass is 10.0. The Morgan fingerprint density at radius 3 is 2.22 bits per heavy atom. The molecule has 0 aliphatic carbocycles. The molecule has 0 bridgehead atoms. The van der Waals surface area contributed by atoms with Gasteiger partial charge >= 0.3 is 0 Å². The van der Waals surface area contributed by atoms with Crippen molar-refractivity contribution in [3.05, 3.63) is 53.6 Å². The Morgan fingerprint density at radius 1 is 1.00 bits per heavy atom. The SMILES string of the molecule is COc1ccccc1C(=O)c1c(O)cccc1O. The summed E-state index contributed by atoms with van der Waals surface area (Å²) < 4.78 is 5.08. The highest BCUT2D eigenvalue weighted by Gasteiger charge is 2.20. The van der Waals surface area contributed by atoms with Gasteiger partial charge in [-0.3, -0.25) is 4.79 Å². The van der Waals surface area contributed by atoms with Crippen LogP contribution in [-0.2, 0) is 0 Å². The summed E-state index contributed by atoms with van der Waals surface area (Å²) in [5, 5.41) is 19.3. The molecule has 2 N–H and O–H groups in total. The average Bonchev–Trinajstić information content (AvgIpc) is 2.38. The third-order valence-electron chi connectivity index (χ3n) is 2.60. The molecule has 4 nitrogen and oxygen atoms in total. The zero-order valence-electron chi connectivity index (χ0n) is 9.75. The Balaban J connectivity index is 2.55. The van der Waals surface area contributed by atoms with E-state index in [2.05, 4.69) is 0 Å². The van der Waals surface area contributed by atoms with Gasteiger partial charge in [0.2, 0.25) is 5.78 Å². The first-order valence-corrected chi connectivity index (χ1v) is 5.34. The molecule has 92 valence electrons. The zero-order chi connectivity index (χ0) is 13.1. The molecule has 4 heteroatoms. The minimum absolute atomic E-state index is 0.123. The van der Waals surface area contributed by atoms with Gasteiger partial charge in [0.1, 0.15) is 22.8 Å². The second kappa shape index (κ2) is 4.79. The summed E-state index contributed by atoms with van der Waals surface area (Å²) in [6, 6.07) is 10.8. The number of hydrogen-bond acceptors (Lipinski definition) is 4. The summed E-state index contributed by atoms with van der Waals surface area (Å²) in [6.07, 6.45) is 0. The maximum Gasteiger partial charge on any atom is 0.204 e. The van der Waals surface area contributed by atoms with Crippen LogP contribution in [0.4, 0.5) is 0 Å². The molecule has 0 spiro atoms. The number of methoxy groups -OCH3 is 1. The fourth-order valence-electron chi connectivity index (χ4n) is 1.73. The fraction of sp³-hybridized carbons (Fsp3) is 0.0714. The molecule has 2 aromatic rings. The number of hydrogen-bond donors (Lipinski definition) is 2. The molecular formula is C14H12O4. The second-order valence-corrected chi connectivity index (χ2v) is 3.70. The van der Waals surface area contributed by atoms with Gasteiger partial charge in [-0.2, -0.15) is 0 Å². The Labute approximate surface area is 104 Å². The van der Waals surface area contributed by atoms with Crippen LogP contribution in [0.5, 0.6) is 17.2 Å². The van der Waals surface area contributed by atoms with Gasteiger partial charge in [-0.25, -0.2) is 0 Å². The highest BCUT2D eigenvalue weighted by Crippen LogP contribution is 2.31. The second-order valence-electron chi connectivity index (χ2n) is 3.70. The number of benzene rings is 2. The lowest BCUT2D eigenvalue weighted by Gasteiger charge is -2.09. The number of para-hydroxylation sites is 1. The Kier molecular flexibility index (Phi) is 3.19. The number of phenolic OH excluding ortho intramolecular Hbond substituents is 2. The molecule has 0 aliphatic heterocycles. The van der Waals surface area contributed by atoms with Crippen molar-refractivity contribution in [1.29, 1.82) is 0 Å². The molecule has 0 aromatic heterocycles. The van der Waals surface area contributed by atoms with Crippen LogP contribution in [-0.4, -0.2) is 23.1 Å². The molecule has 0 radical (unpaired) electrons. The van der Waals surface area contributed by atoms with Gasteiger partial charge in [-0.1, -0.05) is 18.2 Å². The van der Waals surface area contributed by atoms with E-state index in [0.29, 0.717) is 5.75 Å². The number of carbonyl (C=O) groups is 1. The molecule has 0 saturated heterocycles. The molecule has 0 saturated carbocycles. The number of rotatable bonds is 3. The van der Waals surface area contributed by atoms with E-state index in [0.717, 1.165) is 0 Å². The molecule has 0 heterocycles. The predicted octanol–water partition coefficient (Wildman–Crippen LogP) is 2.34. The molecule has 18 heavy (non-hydrogen) atoms. The maximum atomic E-state index is 12.3. The lowest BCUT2D eigenvalue weighted by molar-refractivity contribution is 0.103. The quantitative estimate of drug-likeness (QED) is 0.813. The van der Waals surface area contributed by atoms with E-state index in [1.165, 1.54) is 25.3 Å². The molecule has 2 rings (SSSR count). The summed E-state index contributed by atoms with van der Waals surface area (Å²) in [6.45, 7) is 0. The van der Waals surface area contributed by atoms with E-state index >= 15 is 0 Å². The molecule has 0 fully saturated rings. The van der Waals surface area contributed by atoms with Crippen LogP contribution in [0.1, 0.15) is 15.9 Å². The normalized spacial score (nSPS) is 10.1. The van der Waals surface area contributed by atoms with Gasteiger partial charge in [0.25, 0.3) is 0 Å². The largest absolute Gasteiger partial charge is 0.507 e. The third-order valence-corrected chi connectivity index (χ3v) is 2.60. The van der Waals surface area contributed by atoms with Crippen LogP contribution in [0.3, 0.4) is 0 Å². The highest BCUT2D eigenvalue weighted by atomic mass is 16.5. The van der Waals surface area contributed by atoms with E-state index in [-0.39, 0.29) is 22.6 Å². The minimum Gasteiger partial charge on any atom is -0.507 e. The van der Waals surface area contributed by atoms with E-state index in [1.54, 1.807) is 24.3 Å². The van der Waals surface area contributed by atoms with E-state index < -0.39 is 5.78 Å². The molecule has 0 unspecified atom stereocenters. The van der Waals surface area contributed by atoms with Crippen molar-refractivity contribution in [3.63, 3.8) is 0 Å². The van der Waals surface area contributed by atoms with Crippen LogP contribution >= 0.6 is 0 Å². The number of ketones is 1.